The zero-order valence-corrected chi connectivity index (χ0v) is 63.4. The minimum atomic E-state index is -1.84. The van der Waals surface area contributed by atoms with Crippen molar-refractivity contribution in [1.29, 1.82) is 0 Å². The van der Waals surface area contributed by atoms with Gasteiger partial charge in [-0.3, -0.25) is 28.8 Å². The minimum Gasteiger partial charge on any atom is -0.454 e. The summed E-state index contributed by atoms with van der Waals surface area (Å²) in [5.41, 5.74) is -10.6. The van der Waals surface area contributed by atoms with E-state index in [9.17, 15) is 0 Å². The maximum absolute atomic E-state index is 17.2. The Hall–Kier alpha value is -7.86. The van der Waals surface area contributed by atoms with Gasteiger partial charge in [-0.25, -0.2) is 0 Å². The average molecular weight is 1410 g/mol. The van der Waals surface area contributed by atoms with E-state index in [2.05, 4.69) is 0 Å². The molecule has 5 unspecified atom stereocenters. The Bertz CT molecular complexity index is 3910. The second-order valence-electron chi connectivity index (χ2n) is 34.7. The van der Waals surface area contributed by atoms with E-state index in [1.807, 2.05) is 237 Å². The quantitative estimate of drug-likeness (QED) is 0.0324. The molecule has 6 fully saturated rings. The summed E-state index contributed by atoms with van der Waals surface area (Å²) in [6.45, 7) is 14.8. The van der Waals surface area contributed by atoms with Crippen LogP contribution in [0.2, 0.25) is 0 Å². The van der Waals surface area contributed by atoms with Crippen molar-refractivity contribution in [3.63, 3.8) is 0 Å². The third-order valence-electron chi connectivity index (χ3n) is 25.7. The lowest BCUT2D eigenvalue weighted by Crippen LogP contribution is -2.52. The number of benzene rings is 6. The van der Waals surface area contributed by atoms with Crippen LogP contribution in [0, 0.1) is 32.5 Å². The summed E-state index contributed by atoms with van der Waals surface area (Å²) in [7, 11) is 0. The van der Waals surface area contributed by atoms with Gasteiger partial charge in [0.15, 0.2) is 0 Å². The summed E-state index contributed by atoms with van der Waals surface area (Å²) in [5, 5.41) is 0. The van der Waals surface area contributed by atoms with Gasteiger partial charge in [0.25, 0.3) is 0 Å². The molecule has 0 aliphatic heterocycles. The average Bonchev–Trinajstić information content (AvgIpc) is 0.830. The molecule has 104 heavy (non-hydrogen) atoms. The monoisotopic (exact) mass is 1410 g/mol. The Morgan fingerprint density at radius 2 is 0.394 bits per heavy atom. The summed E-state index contributed by atoms with van der Waals surface area (Å²) in [4.78, 5) is 99.8. The van der Waals surface area contributed by atoms with Crippen LogP contribution in [-0.4, -0.2) is 35.8 Å². The first-order valence-electron chi connectivity index (χ1n) is 39.5. The molecule has 12 nitrogen and oxygen atoms in total. The molecule has 6 aromatic rings. The van der Waals surface area contributed by atoms with Gasteiger partial charge in [0.2, 0.25) is 0 Å². The topological polar surface area (TPSA) is 158 Å². The lowest BCUT2D eigenvalue weighted by Gasteiger charge is -2.48. The van der Waals surface area contributed by atoms with E-state index < -0.39 is 102 Å². The highest BCUT2D eigenvalue weighted by Crippen LogP contribution is 2.59. The summed E-state index contributed by atoms with van der Waals surface area (Å²) in [5.74, 6) is -3.40. The molecule has 0 saturated heterocycles. The van der Waals surface area contributed by atoms with Crippen LogP contribution in [-0.2, 0) is 90.8 Å². The van der Waals surface area contributed by atoms with E-state index in [-0.39, 0.29) is 38.5 Å². The molecule has 0 bridgehead atoms. The first-order valence-corrected chi connectivity index (χ1v) is 39.5. The molecule has 12 rings (SSSR count). The molecular formula is C92H114O12. The van der Waals surface area contributed by atoms with Gasteiger partial charge < -0.3 is 28.4 Å². The van der Waals surface area contributed by atoms with Crippen molar-refractivity contribution in [2.24, 2.45) is 32.5 Å². The lowest BCUT2D eigenvalue weighted by molar-refractivity contribution is -0.193. The summed E-state index contributed by atoms with van der Waals surface area (Å²) in [6, 6.07) is 59.4. The highest BCUT2D eigenvalue weighted by molar-refractivity contribution is 5.87. The number of carbonyl (C=O) groups excluding carboxylic acids is 6. The fraction of sp³-hybridized carbons (Fsp3) is 0.543. The maximum atomic E-state index is 17.2. The van der Waals surface area contributed by atoms with Crippen LogP contribution >= 0.6 is 0 Å². The van der Waals surface area contributed by atoms with E-state index in [0.29, 0.717) is 77.0 Å². The number of esters is 6. The molecule has 6 saturated carbocycles. The van der Waals surface area contributed by atoms with Crippen molar-refractivity contribution in [2.45, 2.75) is 282 Å². The molecule has 12 heteroatoms. The van der Waals surface area contributed by atoms with Crippen LogP contribution in [0.25, 0.3) is 0 Å². The Morgan fingerprint density at radius 3 is 0.577 bits per heavy atom. The highest BCUT2D eigenvalue weighted by Gasteiger charge is 2.62. The standard InChI is InChI=1S/C92H114O12/c1-9-82(4,76(94)100-88(54-30-31-55-88)70-42-18-11-19-43-70)65-84(6,78(96)102-90(58-34-35-59-90)72-46-22-13-23-47-72)67-86(8,80(98)104-92(62-38-39-63-92)74-50-26-15-27-51-74)68-85(7,79(97)103-91(60-36-37-61-91)73-48-24-14-25-49-73)66-83(5,77(95)101-89(56-32-33-57-89)71-44-20-12-21-45-71)64-81(2,3)75(93)99-87(52-28-29-53-87)69-40-16-10-17-41-69/h10-27,40-51H,9,28-39,52-68H2,1-8H3. The van der Waals surface area contributed by atoms with Gasteiger partial charge in [-0.1, -0.05) is 189 Å². The SMILES string of the molecule is CCC(C)(CC(C)(CC(C)(CC(C)(CC(C)(CC(C)(C)C(=O)OC1(c2ccccc2)CCCC1)C(=O)OC1(c2ccccc2)CCCC1)C(=O)OC1(c2ccccc2)CCCC1)C(=O)OC1(c2ccccc2)CCCC1)C(=O)OC1(c2ccccc2)CCCC1)C(=O)OC1(c2ccccc2)CCCC1. The second kappa shape index (κ2) is 30.5. The molecule has 0 amide bonds. The Balaban J connectivity index is 1.03. The summed E-state index contributed by atoms with van der Waals surface area (Å²) in [6.07, 6.45) is 15.9. The molecule has 0 radical (unpaired) electrons. The zero-order chi connectivity index (χ0) is 73.6. The van der Waals surface area contributed by atoms with Crippen molar-refractivity contribution in [2.75, 3.05) is 0 Å². The van der Waals surface area contributed by atoms with Gasteiger partial charge in [-0.2, -0.15) is 0 Å². The van der Waals surface area contributed by atoms with Gasteiger partial charge in [0, 0.05) is 0 Å². The third kappa shape index (κ3) is 15.6. The largest absolute Gasteiger partial charge is 0.454 e. The van der Waals surface area contributed by atoms with Crippen LogP contribution in [0.4, 0.5) is 0 Å². The molecule has 6 aliphatic carbocycles. The first kappa shape index (κ1) is 75.8. The van der Waals surface area contributed by atoms with Crippen LogP contribution in [0.3, 0.4) is 0 Å². The van der Waals surface area contributed by atoms with Gasteiger partial charge in [-0.15, -0.1) is 0 Å². The molecule has 6 aliphatic rings. The predicted molar refractivity (Wildman–Crippen MR) is 404 cm³/mol. The van der Waals surface area contributed by atoms with Crippen molar-refractivity contribution >= 4 is 35.8 Å². The lowest BCUT2D eigenvalue weighted by atomic mass is 9.58. The molecular weight excluding hydrogens is 1300 g/mol. The number of hydrogen-bond acceptors (Lipinski definition) is 12. The van der Waals surface area contributed by atoms with Crippen molar-refractivity contribution in [3.05, 3.63) is 215 Å². The van der Waals surface area contributed by atoms with Gasteiger partial charge in [-0.05, 0) is 274 Å². The van der Waals surface area contributed by atoms with Crippen LogP contribution in [0.1, 0.15) is 281 Å². The van der Waals surface area contributed by atoms with Crippen LogP contribution < -0.4 is 0 Å². The second-order valence-corrected chi connectivity index (χ2v) is 34.7. The van der Waals surface area contributed by atoms with Gasteiger partial charge in [0.05, 0.1) is 32.5 Å². The predicted octanol–water partition coefficient (Wildman–Crippen LogP) is 21.5. The Labute approximate surface area is 619 Å². The smallest absolute Gasteiger partial charge is 0.312 e. The Kier molecular flexibility index (Phi) is 22.3. The van der Waals surface area contributed by atoms with E-state index in [1.165, 1.54) is 0 Å². The van der Waals surface area contributed by atoms with E-state index in [0.717, 1.165) is 110 Å². The summed E-state index contributed by atoms with van der Waals surface area (Å²) < 4.78 is 43.1. The van der Waals surface area contributed by atoms with E-state index >= 15 is 28.8 Å². The minimum absolute atomic E-state index is 0.110. The maximum Gasteiger partial charge on any atom is 0.312 e. The summed E-state index contributed by atoms with van der Waals surface area (Å²) >= 11 is 0. The third-order valence-corrected chi connectivity index (χ3v) is 25.7. The van der Waals surface area contributed by atoms with E-state index in [4.69, 9.17) is 28.4 Å². The van der Waals surface area contributed by atoms with Crippen molar-refractivity contribution in [3.8, 4) is 0 Å². The fourth-order valence-electron chi connectivity index (χ4n) is 20.3. The van der Waals surface area contributed by atoms with Crippen LogP contribution in [0.5, 0.6) is 0 Å². The normalized spacial score (nSPS) is 22.0. The number of carbonyl (C=O) groups is 6. The molecule has 0 heterocycles. The molecule has 0 N–H and O–H groups in total. The zero-order valence-electron chi connectivity index (χ0n) is 63.4. The van der Waals surface area contributed by atoms with E-state index in [1.54, 1.807) is 0 Å². The number of hydrogen-bond donors (Lipinski definition) is 0. The first-order chi connectivity index (χ1) is 49.7. The molecule has 554 valence electrons. The molecule has 5 atom stereocenters. The molecule has 6 aromatic carbocycles. The molecule has 0 spiro atoms. The van der Waals surface area contributed by atoms with Gasteiger partial charge >= 0.3 is 35.8 Å². The number of rotatable bonds is 29. The van der Waals surface area contributed by atoms with Crippen molar-refractivity contribution < 1.29 is 57.2 Å². The van der Waals surface area contributed by atoms with Crippen molar-refractivity contribution in [1.82, 2.24) is 0 Å². The van der Waals surface area contributed by atoms with Gasteiger partial charge in [0.1, 0.15) is 33.6 Å². The van der Waals surface area contributed by atoms with Crippen LogP contribution in [0.15, 0.2) is 182 Å². The number of ether oxygens (including phenoxy) is 6. The molecule has 0 aromatic heterocycles. The fourth-order valence-corrected chi connectivity index (χ4v) is 20.3. The highest BCUT2D eigenvalue weighted by atomic mass is 16.6. The Morgan fingerprint density at radius 1 is 0.240 bits per heavy atom.